The average Bonchev–Trinajstić information content (AvgIpc) is 2.20. The number of rotatable bonds is 6. The van der Waals surface area contributed by atoms with Crippen molar-refractivity contribution in [2.45, 2.75) is 45.3 Å². The molecule has 1 heterocycles. The van der Waals surface area contributed by atoms with Gasteiger partial charge in [-0.2, -0.15) is 0 Å². The quantitative estimate of drug-likeness (QED) is 0.662. The predicted molar refractivity (Wildman–Crippen MR) is 57.5 cm³/mol. The van der Waals surface area contributed by atoms with Crippen molar-refractivity contribution in [2.24, 2.45) is 0 Å². The fraction of sp³-hybridized carbons (Fsp3) is 1.00. The van der Waals surface area contributed by atoms with Crippen LogP contribution in [0.5, 0.6) is 0 Å². The van der Waals surface area contributed by atoms with E-state index in [1.54, 1.807) is 0 Å². The molecule has 3 nitrogen and oxygen atoms in total. The highest BCUT2D eigenvalue weighted by Crippen LogP contribution is 2.11. The van der Waals surface area contributed by atoms with Gasteiger partial charge in [0.25, 0.3) is 0 Å². The van der Waals surface area contributed by atoms with Crippen molar-refractivity contribution in [1.29, 1.82) is 0 Å². The normalized spacial score (nSPS) is 27.9. The molecule has 2 atom stereocenters. The first kappa shape index (κ1) is 12.0. The molecule has 0 radical (unpaired) electrons. The molecule has 0 aliphatic carbocycles. The van der Waals surface area contributed by atoms with Crippen LogP contribution in [0.1, 0.15) is 33.1 Å². The van der Waals surface area contributed by atoms with Crippen molar-refractivity contribution in [3.05, 3.63) is 0 Å². The minimum Gasteiger partial charge on any atom is -0.379 e. The molecule has 1 aliphatic heterocycles. The minimum absolute atomic E-state index is 0.383. The Morgan fingerprint density at radius 2 is 2.14 bits per heavy atom. The predicted octanol–water partition coefficient (Wildman–Crippen LogP) is 1.57. The number of hydrogen-bond donors (Lipinski definition) is 1. The third-order valence-corrected chi connectivity index (χ3v) is 2.60. The van der Waals surface area contributed by atoms with Crippen LogP contribution in [0, 0.1) is 0 Å². The maximum Gasteiger partial charge on any atom is 0.0726 e. The summed E-state index contributed by atoms with van der Waals surface area (Å²) in [5.41, 5.74) is 0. The number of nitrogens with one attached hydrogen (secondary N) is 1. The lowest BCUT2D eigenvalue weighted by atomic mass is 10.0. The van der Waals surface area contributed by atoms with Crippen LogP contribution in [0.15, 0.2) is 0 Å². The molecular weight excluding hydrogens is 178 g/mol. The zero-order chi connectivity index (χ0) is 10.2. The minimum atomic E-state index is 0.383. The molecule has 84 valence electrons. The maximum atomic E-state index is 5.75. The Morgan fingerprint density at radius 3 is 2.86 bits per heavy atom. The van der Waals surface area contributed by atoms with E-state index in [1.165, 1.54) is 12.8 Å². The van der Waals surface area contributed by atoms with E-state index in [1.807, 2.05) is 0 Å². The van der Waals surface area contributed by atoms with Gasteiger partial charge in [-0.3, -0.25) is 0 Å². The van der Waals surface area contributed by atoms with Gasteiger partial charge in [0.2, 0.25) is 0 Å². The van der Waals surface area contributed by atoms with E-state index in [0.717, 1.165) is 32.8 Å². The fourth-order valence-corrected chi connectivity index (χ4v) is 1.75. The second-order valence-electron chi connectivity index (χ2n) is 3.91. The van der Waals surface area contributed by atoms with Crippen LogP contribution in [0.25, 0.3) is 0 Å². The van der Waals surface area contributed by atoms with E-state index in [4.69, 9.17) is 9.47 Å². The second-order valence-corrected chi connectivity index (χ2v) is 3.91. The van der Waals surface area contributed by atoms with Gasteiger partial charge in [0.05, 0.1) is 19.3 Å². The fourth-order valence-electron chi connectivity index (χ4n) is 1.75. The summed E-state index contributed by atoms with van der Waals surface area (Å²) in [5, 5.41) is 3.42. The lowest BCUT2D eigenvalue weighted by molar-refractivity contribution is -0.0203. The summed E-state index contributed by atoms with van der Waals surface area (Å²) in [4.78, 5) is 0. The number of hydrogen-bond acceptors (Lipinski definition) is 3. The molecule has 1 fully saturated rings. The van der Waals surface area contributed by atoms with E-state index in [2.05, 4.69) is 19.2 Å². The third-order valence-electron chi connectivity index (χ3n) is 2.60. The number of ether oxygens (including phenoxy) is 2. The van der Waals surface area contributed by atoms with Crippen LogP contribution in [0.2, 0.25) is 0 Å². The van der Waals surface area contributed by atoms with Gasteiger partial charge in [0, 0.05) is 12.6 Å². The van der Waals surface area contributed by atoms with E-state index in [9.17, 15) is 0 Å². The van der Waals surface area contributed by atoms with Gasteiger partial charge >= 0.3 is 0 Å². The van der Waals surface area contributed by atoms with Gasteiger partial charge < -0.3 is 14.8 Å². The van der Waals surface area contributed by atoms with Gasteiger partial charge in [0.1, 0.15) is 0 Å². The summed E-state index contributed by atoms with van der Waals surface area (Å²) in [6.07, 6.45) is 3.88. The highest BCUT2D eigenvalue weighted by Gasteiger charge is 2.20. The van der Waals surface area contributed by atoms with E-state index < -0.39 is 0 Å². The van der Waals surface area contributed by atoms with Gasteiger partial charge in [-0.15, -0.1) is 0 Å². The molecular formula is C11H23NO2. The lowest BCUT2D eigenvalue weighted by Gasteiger charge is -2.29. The molecule has 0 spiro atoms. The summed E-state index contributed by atoms with van der Waals surface area (Å²) >= 11 is 0. The Balaban J connectivity index is 1.99. The van der Waals surface area contributed by atoms with E-state index >= 15 is 0 Å². The van der Waals surface area contributed by atoms with Gasteiger partial charge in [-0.05, 0) is 32.7 Å². The SMILES string of the molecule is CCCOCCOC1CCCNC1C. The summed E-state index contributed by atoms with van der Waals surface area (Å²) in [5.74, 6) is 0. The molecule has 0 bridgehead atoms. The monoisotopic (exact) mass is 201 g/mol. The maximum absolute atomic E-state index is 5.75. The third kappa shape index (κ3) is 4.40. The van der Waals surface area contributed by atoms with Crippen molar-refractivity contribution in [3.8, 4) is 0 Å². The first-order valence-corrected chi connectivity index (χ1v) is 5.77. The Bertz CT molecular complexity index is 141. The first-order chi connectivity index (χ1) is 6.84. The Labute approximate surface area is 87.2 Å². The van der Waals surface area contributed by atoms with Crippen LogP contribution in [-0.2, 0) is 9.47 Å². The molecule has 0 aromatic carbocycles. The molecule has 2 unspecified atom stereocenters. The largest absolute Gasteiger partial charge is 0.379 e. The molecule has 0 aromatic rings. The van der Waals surface area contributed by atoms with Crippen LogP contribution in [-0.4, -0.2) is 38.5 Å². The summed E-state index contributed by atoms with van der Waals surface area (Å²) < 4.78 is 11.1. The highest BCUT2D eigenvalue weighted by molar-refractivity contribution is 4.77. The molecule has 0 saturated carbocycles. The molecule has 0 amide bonds. The molecule has 1 aliphatic rings. The van der Waals surface area contributed by atoms with E-state index in [-0.39, 0.29) is 0 Å². The van der Waals surface area contributed by atoms with Crippen molar-refractivity contribution in [1.82, 2.24) is 5.32 Å². The van der Waals surface area contributed by atoms with Gasteiger partial charge in [0.15, 0.2) is 0 Å². The molecule has 1 N–H and O–H groups in total. The van der Waals surface area contributed by atoms with Gasteiger partial charge in [-0.1, -0.05) is 6.92 Å². The summed E-state index contributed by atoms with van der Waals surface area (Å²) in [6.45, 7) is 7.76. The Kier molecular flexibility index (Phi) is 6.15. The highest BCUT2D eigenvalue weighted by atomic mass is 16.5. The van der Waals surface area contributed by atoms with Crippen LogP contribution in [0.4, 0.5) is 0 Å². The van der Waals surface area contributed by atoms with Crippen molar-refractivity contribution in [2.75, 3.05) is 26.4 Å². The second kappa shape index (κ2) is 7.21. The molecule has 14 heavy (non-hydrogen) atoms. The Morgan fingerprint density at radius 1 is 1.29 bits per heavy atom. The molecule has 0 aromatic heterocycles. The Hall–Kier alpha value is -0.120. The smallest absolute Gasteiger partial charge is 0.0726 e. The molecule has 1 rings (SSSR count). The van der Waals surface area contributed by atoms with Crippen molar-refractivity contribution >= 4 is 0 Å². The standard InChI is InChI=1S/C11H23NO2/c1-3-7-13-8-9-14-11-5-4-6-12-10(11)2/h10-12H,3-9H2,1-2H3. The van der Waals surface area contributed by atoms with E-state index in [0.29, 0.717) is 12.1 Å². The van der Waals surface area contributed by atoms with Crippen LogP contribution in [0.3, 0.4) is 0 Å². The molecule has 3 heteroatoms. The lowest BCUT2D eigenvalue weighted by Crippen LogP contribution is -2.44. The first-order valence-electron chi connectivity index (χ1n) is 5.77. The average molecular weight is 201 g/mol. The molecule has 1 saturated heterocycles. The summed E-state index contributed by atoms with van der Waals surface area (Å²) in [6, 6.07) is 0.495. The van der Waals surface area contributed by atoms with Crippen LogP contribution < -0.4 is 5.32 Å². The van der Waals surface area contributed by atoms with Crippen molar-refractivity contribution in [3.63, 3.8) is 0 Å². The summed E-state index contributed by atoms with van der Waals surface area (Å²) in [7, 11) is 0. The van der Waals surface area contributed by atoms with Crippen LogP contribution >= 0.6 is 0 Å². The zero-order valence-electron chi connectivity index (χ0n) is 9.42. The van der Waals surface area contributed by atoms with Gasteiger partial charge in [-0.25, -0.2) is 0 Å². The zero-order valence-corrected chi connectivity index (χ0v) is 9.42. The van der Waals surface area contributed by atoms with Crippen molar-refractivity contribution < 1.29 is 9.47 Å². The topological polar surface area (TPSA) is 30.5 Å². The number of piperidine rings is 1.